The molecule has 35 heavy (non-hydrogen) atoms. The number of fused-ring (bicyclic) bond motifs is 1. The lowest BCUT2D eigenvalue weighted by Crippen LogP contribution is -2.47. The first-order chi connectivity index (χ1) is 16.6. The Labute approximate surface area is 205 Å². The number of likely N-dealkylation sites (N-methyl/N-ethyl adjacent to an activating group) is 1. The third-order valence-electron chi connectivity index (χ3n) is 6.00. The average molecular weight is 511 g/mol. The van der Waals surface area contributed by atoms with E-state index < -0.39 is 34.6 Å². The molecule has 0 aromatic heterocycles. The van der Waals surface area contributed by atoms with Crippen LogP contribution in [0.15, 0.2) is 47.4 Å². The van der Waals surface area contributed by atoms with Crippen LogP contribution in [0, 0.1) is 11.7 Å². The van der Waals surface area contributed by atoms with Gasteiger partial charge in [-0.15, -0.1) is 0 Å². The summed E-state index contributed by atoms with van der Waals surface area (Å²) in [6.45, 7) is 3.33. The summed E-state index contributed by atoms with van der Waals surface area (Å²) in [5.41, 5.74) is 0.425. The van der Waals surface area contributed by atoms with Crippen molar-refractivity contribution in [2.75, 3.05) is 40.6 Å². The number of carbonyl (C=O) groups is 1. The van der Waals surface area contributed by atoms with Gasteiger partial charge in [0, 0.05) is 38.9 Å². The van der Waals surface area contributed by atoms with Gasteiger partial charge in [0.05, 0.1) is 17.6 Å². The van der Waals surface area contributed by atoms with E-state index in [-0.39, 0.29) is 36.6 Å². The molecule has 0 radical (unpaired) electrons. The van der Waals surface area contributed by atoms with E-state index in [1.165, 1.54) is 28.4 Å². The van der Waals surface area contributed by atoms with E-state index >= 15 is 0 Å². The van der Waals surface area contributed by atoms with Gasteiger partial charge in [-0.25, -0.2) is 12.8 Å². The Hall–Kier alpha value is -2.73. The molecule has 9 nitrogen and oxygen atoms in total. The first-order valence-electron chi connectivity index (χ1n) is 11.1. The summed E-state index contributed by atoms with van der Waals surface area (Å²) in [7, 11) is -0.886. The topological polar surface area (TPSA) is 106 Å². The van der Waals surface area contributed by atoms with Crippen molar-refractivity contribution < 1.29 is 36.9 Å². The smallest absolute Gasteiger partial charge is 0.253 e. The number of halogens is 1. The Morgan fingerprint density at radius 2 is 1.77 bits per heavy atom. The minimum absolute atomic E-state index is 0.0198. The zero-order chi connectivity index (χ0) is 25.8. The van der Waals surface area contributed by atoms with E-state index in [0.717, 1.165) is 12.1 Å². The molecule has 1 aliphatic heterocycles. The highest BCUT2D eigenvalue weighted by molar-refractivity contribution is 7.89. The van der Waals surface area contributed by atoms with Crippen LogP contribution in [-0.4, -0.2) is 81.4 Å². The standard InChI is InChI=1S/C24H31FN2O7S/c1-16(12-27(17(2)14-28)35(30,31)20-8-6-19(25)7-9-20)23(32-4)13-26(3)24(29)18-5-10-21-22(11-18)34-15-33-21/h5-11,16-17,23,28H,12-15H2,1-4H3/t16-,17+,23-/m0/s1. The van der Waals surface area contributed by atoms with Crippen molar-refractivity contribution in [1.29, 1.82) is 0 Å². The summed E-state index contributed by atoms with van der Waals surface area (Å²) < 4.78 is 57.3. The van der Waals surface area contributed by atoms with Crippen molar-refractivity contribution in [2.24, 2.45) is 5.92 Å². The average Bonchev–Trinajstić information content (AvgIpc) is 3.32. The Morgan fingerprint density at radius 1 is 1.11 bits per heavy atom. The Bertz CT molecular complexity index is 1130. The molecule has 0 aliphatic carbocycles. The SMILES string of the molecule is CO[C@@H](CN(C)C(=O)c1ccc2c(c1)OCO2)[C@@H](C)CN([C@H](C)CO)S(=O)(=O)c1ccc(F)cc1. The second-order valence-electron chi connectivity index (χ2n) is 8.57. The highest BCUT2D eigenvalue weighted by Gasteiger charge is 2.33. The third-order valence-corrected chi connectivity index (χ3v) is 8.00. The van der Waals surface area contributed by atoms with Crippen LogP contribution in [-0.2, 0) is 14.8 Å². The number of aliphatic hydroxyl groups is 1. The molecule has 3 atom stereocenters. The number of rotatable bonds is 11. The van der Waals surface area contributed by atoms with Crippen molar-refractivity contribution in [3.05, 3.63) is 53.8 Å². The van der Waals surface area contributed by atoms with Gasteiger partial charge in [-0.2, -0.15) is 4.31 Å². The van der Waals surface area contributed by atoms with Gasteiger partial charge in [0.25, 0.3) is 5.91 Å². The summed E-state index contributed by atoms with van der Waals surface area (Å²) in [5.74, 6) is -0.0735. The van der Waals surface area contributed by atoms with Crippen LogP contribution in [0.5, 0.6) is 11.5 Å². The van der Waals surface area contributed by atoms with Crippen molar-refractivity contribution in [3.8, 4) is 11.5 Å². The Kier molecular flexibility index (Phi) is 8.70. The maximum atomic E-state index is 13.3. The van der Waals surface area contributed by atoms with Crippen LogP contribution in [0.2, 0.25) is 0 Å². The normalized spacial score (nSPS) is 15.6. The lowest BCUT2D eigenvalue weighted by molar-refractivity contribution is 0.0221. The van der Waals surface area contributed by atoms with Crippen molar-refractivity contribution in [3.63, 3.8) is 0 Å². The van der Waals surface area contributed by atoms with Gasteiger partial charge in [-0.3, -0.25) is 4.79 Å². The minimum Gasteiger partial charge on any atom is -0.454 e. The molecule has 2 aromatic carbocycles. The molecule has 1 N–H and O–H groups in total. The van der Waals surface area contributed by atoms with E-state index in [4.69, 9.17) is 14.2 Å². The van der Waals surface area contributed by atoms with Crippen LogP contribution >= 0.6 is 0 Å². The van der Waals surface area contributed by atoms with Gasteiger partial charge in [0.2, 0.25) is 16.8 Å². The zero-order valence-electron chi connectivity index (χ0n) is 20.2. The maximum Gasteiger partial charge on any atom is 0.253 e. The van der Waals surface area contributed by atoms with Crippen LogP contribution in [0.25, 0.3) is 0 Å². The molecule has 0 saturated heterocycles. The molecule has 3 rings (SSSR count). The number of benzene rings is 2. The number of carbonyl (C=O) groups excluding carboxylic acids is 1. The van der Waals surface area contributed by atoms with Gasteiger partial charge in [0.15, 0.2) is 11.5 Å². The molecule has 1 aliphatic rings. The molecule has 2 aromatic rings. The monoisotopic (exact) mass is 510 g/mol. The molecule has 0 spiro atoms. The molecular weight excluding hydrogens is 479 g/mol. The second kappa shape index (κ2) is 11.3. The maximum absolute atomic E-state index is 13.3. The predicted molar refractivity (Wildman–Crippen MR) is 126 cm³/mol. The fourth-order valence-electron chi connectivity index (χ4n) is 3.84. The summed E-state index contributed by atoms with van der Waals surface area (Å²) in [6, 6.07) is 8.76. The van der Waals surface area contributed by atoms with Crippen molar-refractivity contribution in [2.45, 2.75) is 30.9 Å². The van der Waals surface area contributed by atoms with Crippen molar-refractivity contribution >= 4 is 15.9 Å². The number of methoxy groups -OCH3 is 1. The minimum atomic E-state index is -4.01. The highest BCUT2D eigenvalue weighted by Crippen LogP contribution is 2.33. The summed E-state index contributed by atoms with van der Waals surface area (Å²) >= 11 is 0. The van der Waals surface area contributed by atoms with Crippen LogP contribution in [0.4, 0.5) is 4.39 Å². The number of hydrogen-bond donors (Lipinski definition) is 1. The van der Waals surface area contributed by atoms with Crippen LogP contribution in [0.3, 0.4) is 0 Å². The summed E-state index contributed by atoms with van der Waals surface area (Å²) in [4.78, 5) is 14.4. The molecule has 0 fully saturated rings. The van der Waals surface area contributed by atoms with E-state index in [9.17, 15) is 22.7 Å². The highest BCUT2D eigenvalue weighted by atomic mass is 32.2. The van der Waals surface area contributed by atoms with Gasteiger partial charge < -0.3 is 24.2 Å². The Balaban J connectivity index is 1.73. The number of amides is 1. The third kappa shape index (κ3) is 6.10. The zero-order valence-corrected chi connectivity index (χ0v) is 21.0. The number of aliphatic hydroxyl groups excluding tert-OH is 1. The van der Waals surface area contributed by atoms with Crippen LogP contribution in [0.1, 0.15) is 24.2 Å². The molecule has 1 amide bonds. The first kappa shape index (κ1) is 26.9. The molecular formula is C24H31FN2O7S. The van der Waals surface area contributed by atoms with Gasteiger partial charge in [-0.05, 0) is 55.3 Å². The quantitative estimate of drug-likeness (QED) is 0.495. The van der Waals surface area contributed by atoms with E-state index in [0.29, 0.717) is 17.1 Å². The number of hydrogen-bond acceptors (Lipinski definition) is 7. The molecule has 0 saturated carbocycles. The largest absolute Gasteiger partial charge is 0.454 e. The lowest BCUT2D eigenvalue weighted by atomic mass is 10.0. The van der Waals surface area contributed by atoms with Crippen LogP contribution < -0.4 is 9.47 Å². The second-order valence-corrected chi connectivity index (χ2v) is 10.5. The first-order valence-corrected chi connectivity index (χ1v) is 12.6. The lowest BCUT2D eigenvalue weighted by Gasteiger charge is -2.33. The Morgan fingerprint density at radius 3 is 2.40 bits per heavy atom. The molecule has 11 heteroatoms. The van der Waals surface area contributed by atoms with E-state index in [1.54, 1.807) is 32.2 Å². The molecule has 0 unspecified atom stereocenters. The van der Waals surface area contributed by atoms with E-state index in [2.05, 4.69) is 0 Å². The van der Waals surface area contributed by atoms with Crippen molar-refractivity contribution in [1.82, 2.24) is 9.21 Å². The summed E-state index contributed by atoms with van der Waals surface area (Å²) in [6.07, 6.45) is -0.505. The fourth-order valence-corrected chi connectivity index (χ4v) is 5.56. The molecule has 192 valence electrons. The predicted octanol–water partition coefficient (Wildman–Crippen LogP) is 2.35. The fraction of sp³-hybridized carbons (Fsp3) is 0.458. The van der Waals surface area contributed by atoms with Gasteiger partial charge >= 0.3 is 0 Å². The summed E-state index contributed by atoms with van der Waals surface area (Å²) in [5, 5.41) is 9.71. The molecule has 0 bridgehead atoms. The number of nitrogens with zero attached hydrogens (tertiary/aromatic N) is 2. The number of ether oxygens (including phenoxy) is 3. The van der Waals surface area contributed by atoms with Gasteiger partial charge in [0.1, 0.15) is 5.82 Å². The van der Waals surface area contributed by atoms with E-state index in [1.807, 2.05) is 6.92 Å². The number of sulfonamides is 1. The molecule has 1 heterocycles. The van der Waals surface area contributed by atoms with Gasteiger partial charge in [-0.1, -0.05) is 6.92 Å².